The Hall–Kier alpha value is -1.54. The lowest BCUT2D eigenvalue weighted by atomic mass is 9.97. The molecule has 82 valence electrons. The molecular weight excluding hydrogens is 200 g/mol. The third kappa shape index (κ3) is 1.38. The summed E-state index contributed by atoms with van der Waals surface area (Å²) in [5.41, 5.74) is 2.52. The molecule has 1 aliphatic heterocycles. The van der Waals surface area contributed by atoms with Crippen LogP contribution in [0.5, 0.6) is 5.75 Å². The minimum atomic E-state index is 0.199. The topological polar surface area (TPSA) is 29.5 Å². The maximum atomic E-state index is 9.08. The Labute approximate surface area is 94.5 Å². The van der Waals surface area contributed by atoms with Crippen LogP contribution in [0.25, 0.3) is 10.8 Å². The Morgan fingerprint density at radius 2 is 2.12 bits per heavy atom. The Bertz CT molecular complexity index is 531. The normalized spacial score (nSPS) is 13.8. The van der Waals surface area contributed by atoms with E-state index in [2.05, 4.69) is 18.2 Å². The van der Waals surface area contributed by atoms with Gasteiger partial charge in [0.15, 0.2) is 0 Å². The van der Waals surface area contributed by atoms with Gasteiger partial charge in [0.05, 0.1) is 6.61 Å². The molecule has 0 aromatic heterocycles. The molecule has 0 bridgehead atoms. The molecule has 0 unspecified atom stereocenters. The van der Waals surface area contributed by atoms with E-state index >= 15 is 0 Å². The zero-order valence-corrected chi connectivity index (χ0v) is 9.07. The van der Waals surface area contributed by atoms with Gasteiger partial charge in [-0.3, -0.25) is 0 Å². The number of aliphatic hydroxyl groups excluding tert-OH is 1. The number of rotatable bonds is 2. The summed E-state index contributed by atoms with van der Waals surface area (Å²) in [6.07, 6.45) is 1.69. The third-order valence-corrected chi connectivity index (χ3v) is 3.18. The number of ether oxygens (including phenoxy) is 1. The quantitative estimate of drug-likeness (QED) is 0.831. The van der Waals surface area contributed by atoms with Crippen molar-refractivity contribution in [3.8, 4) is 5.75 Å². The van der Waals surface area contributed by atoms with Crippen molar-refractivity contribution in [3.63, 3.8) is 0 Å². The Morgan fingerprint density at radius 3 is 3.00 bits per heavy atom. The number of benzene rings is 2. The summed E-state index contributed by atoms with van der Waals surface area (Å²) in [6, 6.07) is 10.4. The standard InChI is InChI=1S/C14H14O2/c15-7-5-11-9-10-3-1-2-4-12(10)14-13(11)6-8-16-14/h1-4,9,15H,5-8H2. The minimum Gasteiger partial charge on any atom is -0.492 e. The van der Waals surface area contributed by atoms with Crippen LogP contribution in [0.15, 0.2) is 30.3 Å². The van der Waals surface area contributed by atoms with Crippen LogP contribution in [-0.2, 0) is 12.8 Å². The van der Waals surface area contributed by atoms with Gasteiger partial charge in [0.2, 0.25) is 0 Å². The molecule has 0 radical (unpaired) electrons. The Morgan fingerprint density at radius 1 is 1.25 bits per heavy atom. The molecule has 16 heavy (non-hydrogen) atoms. The lowest BCUT2D eigenvalue weighted by Crippen LogP contribution is -1.96. The first-order valence-corrected chi connectivity index (χ1v) is 5.67. The molecular formula is C14H14O2. The summed E-state index contributed by atoms with van der Waals surface area (Å²) in [5.74, 6) is 1.03. The van der Waals surface area contributed by atoms with Crippen molar-refractivity contribution in [1.82, 2.24) is 0 Å². The molecule has 1 N–H and O–H groups in total. The van der Waals surface area contributed by atoms with Gasteiger partial charge in [-0.15, -0.1) is 0 Å². The zero-order chi connectivity index (χ0) is 11.0. The van der Waals surface area contributed by atoms with Crippen molar-refractivity contribution in [2.75, 3.05) is 13.2 Å². The van der Waals surface area contributed by atoms with Gasteiger partial charge >= 0.3 is 0 Å². The first-order valence-electron chi connectivity index (χ1n) is 5.67. The second-order valence-electron chi connectivity index (χ2n) is 4.14. The fraction of sp³-hybridized carbons (Fsp3) is 0.286. The van der Waals surface area contributed by atoms with Crippen LogP contribution in [0, 0.1) is 0 Å². The second kappa shape index (κ2) is 3.80. The van der Waals surface area contributed by atoms with Crippen molar-refractivity contribution in [2.45, 2.75) is 12.8 Å². The second-order valence-corrected chi connectivity index (χ2v) is 4.14. The van der Waals surface area contributed by atoms with Gasteiger partial charge in [-0.1, -0.05) is 30.3 Å². The Kier molecular flexibility index (Phi) is 2.29. The first kappa shape index (κ1) is 9.67. The minimum absolute atomic E-state index is 0.199. The highest BCUT2D eigenvalue weighted by atomic mass is 16.5. The van der Waals surface area contributed by atoms with E-state index < -0.39 is 0 Å². The van der Waals surface area contributed by atoms with Crippen LogP contribution in [0.1, 0.15) is 11.1 Å². The van der Waals surface area contributed by atoms with E-state index in [0.717, 1.165) is 25.2 Å². The fourth-order valence-corrected chi connectivity index (χ4v) is 2.45. The lowest BCUT2D eigenvalue weighted by Gasteiger charge is -2.09. The molecule has 0 saturated carbocycles. The Balaban J connectivity index is 2.29. The number of hydrogen-bond acceptors (Lipinski definition) is 2. The molecule has 0 atom stereocenters. The van der Waals surface area contributed by atoms with Gasteiger partial charge in [0.1, 0.15) is 5.75 Å². The maximum absolute atomic E-state index is 9.08. The molecule has 2 heteroatoms. The van der Waals surface area contributed by atoms with E-state index in [0.29, 0.717) is 0 Å². The van der Waals surface area contributed by atoms with E-state index in [1.54, 1.807) is 0 Å². The molecule has 2 aromatic carbocycles. The van der Waals surface area contributed by atoms with E-state index in [9.17, 15) is 0 Å². The summed E-state index contributed by atoms with van der Waals surface area (Å²) < 4.78 is 5.72. The SMILES string of the molecule is OCCc1cc2ccccc2c2c1CCO2. The van der Waals surface area contributed by atoms with Gasteiger partial charge < -0.3 is 9.84 Å². The van der Waals surface area contributed by atoms with E-state index in [1.807, 2.05) is 12.1 Å². The van der Waals surface area contributed by atoms with Gasteiger partial charge in [-0.2, -0.15) is 0 Å². The van der Waals surface area contributed by atoms with Crippen LogP contribution in [0.2, 0.25) is 0 Å². The number of hydrogen-bond donors (Lipinski definition) is 1. The van der Waals surface area contributed by atoms with Gasteiger partial charge in [0, 0.05) is 24.0 Å². The predicted octanol–water partition coefficient (Wildman–Crippen LogP) is 2.31. The molecule has 0 saturated heterocycles. The van der Waals surface area contributed by atoms with Crippen LogP contribution in [0.4, 0.5) is 0 Å². The van der Waals surface area contributed by atoms with Crippen molar-refractivity contribution in [3.05, 3.63) is 41.5 Å². The van der Waals surface area contributed by atoms with Crippen LogP contribution in [0.3, 0.4) is 0 Å². The van der Waals surface area contributed by atoms with Crippen LogP contribution < -0.4 is 4.74 Å². The number of aliphatic hydroxyl groups is 1. The first-order chi connectivity index (χ1) is 7.90. The summed E-state index contributed by atoms with van der Waals surface area (Å²) >= 11 is 0. The average molecular weight is 214 g/mol. The summed E-state index contributed by atoms with van der Waals surface area (Å²) in [4.78, 5) is 0. The molecule has 2 aromatic rings. The highest BCUT2D eigenvalue weighted by Gasteiger charge is 2.19. The van der Waals surface area contributed by atoms with Gasteiger partial charge in [-0.25, -0.2) is 0 Å². The predicted molar refractivity (Wildman–Crippen MR) is 63.9 cm³/mol. The molecule has 0 aliphatic carbocycles. The van der Waals surface area contributed by atoms with E-state index in [-0.39, 0.29) is 6.61 Å². The molecule has 1 heterocycles. The lowest BCUT2D eigenvalue weighted by molar-refractivity contribution is 0.299. The molecule has 0 fully saturated rings. The third-order valence-electron chi connectivity index (χ3n) is 3.18. The number of fused-ring (bicyclic) bond motifs is 3. The fourth-order valence-electron chi connectivity index (χ4n) is 2.45. The van der Waals surface area contributed by atoms with E-state index in [4.69, 9.17) is 9.84 Å². The molecule has 2 nitrogen and oxygen atoms in total. The molecule has 0 amide bonds. The summed E-state index contributed by atoms with van der Waals surface area (Å²) in [7, 11) is 0. The summed E-state index contributed by atoms with van der Waals surface area (Å²) in [5, 5.41) is 11.5. The maximum Gasteiger partial charge on any atom is 0.130 e. The molecule has 3 rings (SSSR count). The largest absolute Gasteiger partial charge is 0.492 e. The smallest absolute Gasteiger partial charge is 0.130 e. The van der Waals surface area contributed by atoms with E-state index in [1.165, 1.54) is 21.9 Å². The highest BCUT2D eigenvalue weighted by molar-refractivity contribution is 5.91. The molecule has 0 spiro atoms. The van der Waals surface area contributed by atoms with Crippen LogP contribution in [-0.4, -0.2) is 18.3 Å². The van der Waals surface area contributed by atoms with Crippen molar-refractivity contribution < 1.29 is 9.84 Å². The summed E-state index contributed by atoms with van der Waals surface area (Å²) in [6.45, 7) is 0.965. The van der Waals surface area contributed by atoms with Gasteiger partial charge in [0.25, 0.3) is 0 Å². The van der Waals surface area contributed by atoms with Crippen molar-refractivity contribution >= 4 is 10.8 Å². The van der Waals surface area contributed by atoms with Crippen molar-refractivity contribution in [2.24, 2.45) is 0 Å². The van der Waals surface area contributed by atoms with Crippen LogP contribution >= 0.6 is 0 Å². The van der Waals surface area contributed by atoms with Crippen molar-refractivity contribution in [1.29, 1.82) is 0 Å². The van der Waals surface area contributed by atoms with Gasteiger partial charge in [-0.05, 0) is 17.4 Å². The average Bonchev–Trinajstić information content (AvgIpc) is 2.79. The highest BCUT2D eigenvalue weighted by Crippen LogP contribution is 2.36. The monoisotopic (exact) mass is 214 g/mol. The zero-order valence-electron chi connectivity index (χ0n) is 9.07. The molecule has 1 aliphatic rings.